The molecule has 2 aliphatic rings. The molecule has 2 N–H and O–H groups in total. The van der Waals surface area contributed by atoms with Crippen LogP contribution in [0.1, 0.15) is 36.5 Å². The van der Waals surface area contributed by atoms with E-state index in [1.165, 1.54) is 36.5 Å². The third-order valence-corrected chi connectivity index (χ3v) is 7.62. The molecule has 0 aliphatic carbocycles. The van der Waals surface area contributed by atoms with Crippen molar-refractivity contribution in [3.63, 3.8) is 0 Å². The van der Waals surface area contributed by atoms with E-state index in [0.29, 0.717) is 41.6 Å². The van der Waals surface area contributed by atoms with Crippen LogP contribution in [-0.2, 0) is 14.8 Å². The summed E-state index contributed by atoms with van der Waals surface area (Å²) in [6.07, 6.45) is 2.66. The Bertz CT molecular complexity index is 1210. The highest BCUT2D eigenvalue weighted by Crippen LogP contribution is 2.37. The predicted octanol–water partition coefficient (Wildman–Crippen LogP) is 2.85. The van der Waals surface area contributed by atoms with Gasteiger partial charge in [-0.2, -0.15) is 4.31 Å². The van der Waals surface area contributed by atoms with E-state index in [0.717, 1.165) is 19.3 Å². The van der Waals surface area contributed by atoms with Crippen LogP contribution in [0.25, 0.3) is 0 Å². The van der Waals surface area contributed by atoms with E-state index in [1.807, 2.05) is 0 Å². The number of amides is 1. The van der Waals surface area contributed by atoms with E-state index in [9.17, 15) is 18.0 Å². The van der Waals surface area contributed by atoms with E-state index in [1.54, 1.807) is 12.1 Å². The van der Waals surface area contributed by atoms with Crippen LogP contribution in [0.3, 0.4) is 0 Å². The van der Waals surface area contributed by atoms with Crippen molar-refractivity contribution >= 4 is 33.1 Å². The first-order chi connectivity index (χ1) is 16.3. The third kappa shape index (κ3) is 4.95. The number of anilines is 2. The number of carbonyl (C=O) groups excluding carboxylic acids is 2. The average molecular weight is 490 g/mol. The summed E-state index contributed by atoms with van der Waals surface area (Å²) < 4.78 is 43.5. The molecule has 0 aromatic heterocycles. The zero-order valence-electron chi connectivity index (χ0n) is 19.0. The lowest BCUT2D eigenvalue weighted by molar-refractivity contribution is -0.114. The number of piperidine rings is 1. The van der Waals surface area contributed by atoms with Crippen LogP contribution in [0, 0.1) is 0 Å². The molecule has 0 radical (unpaired) electrons. The smallest absolute Gasteiger partial charge is 0.243 e. The molecule has 11 heteroatoms. The van der Waals surface area contributed by atoms with Crippen molar-refractivity contribution in [2.45, 2.75) is 31.1 Å². The fourth-order valence-corrected chi connectivity index (χ4v) is 5.49. The summed E-state index contributed by atoms with van der Waals surface area (Å²) >= 11 is 0. The molecule has 1 fully saturated rings. The number of hydrogen-bond acceptors (Lipinski definition) is 8. The maximum Gasteiger partial charge on any atom is 0.243 e. The van der Waals surface area contributed by atoms with Crippen LogP contribution in [0.15, 0.2) is 35.2 Å². The van der Waals surface area contributed by atoms with Gasteiger partial charge in [0.05, 0.1) is 24.2 Å². The monoisotopic (exact) mass is 489 g/mol. The number of ether oxygens (including phenoxy) is 3. The summed E-state index contributed by atoms with van der Waals surface area (Å²) in [4.78, 5) is 24.8. The summed E-state index contributed by atoms with van der Waals surface area (Å²) in [5, 5.41) is 5.64. The van der Waals surface area contributed by atoms with Gasteiger partial charge < -0.3 is 24.8 Å². The number of sulfonamides is 1. The van der Waals surface area contributed by atoms with Gasteiger partial charge in [0.15, 0.2) is 17.3 Å². The minimum absolute atomic E-state index is 0.0626. The summed E-state index contributed by atoms with van der Waals surface area (Å²) in [6, 6.07) is 7.58. The van der Waals surface area contributed by atoms with E-state index in [2.05, 4.69) is 10.6 Å². The van der Waals surface area contributed by atoms with Gasteiger partial charge in [-0.05, 0) is 44.0 Å². The SMILES string of the molecule is COc1ccc(S(=O)(=O)N2CCCCC2)cc1NC(=O)CNc1cc2c(cc1C(C)=O)OCO2. The topological polar surface area (TPSA) is 123 Å². The zero-order chi connectivity index (χ0) is 24.3. The van der Waals surface area contributed by atoms with Gasteiger partial charge in [-0.3, -0.25) is 9.59 Å². The lowest BCUT2D eigenvalue weighted by Crippen LogP contribution is -2.35. The minimum atomic E-state index is -3.67. The summed E-state index contributed by atoms with van der Waals surface area (Å²) in [6.45, 7) is 2.27. The molecular formula is C23H27N3O7S. The number of fused-ring (bicyclic) bond motifs is 1. The van der Waals surface area contributed by atoms with Gasteiger partial charge in [-0.25, -0.2) is 8.42 Å². The number of ketones is 1. The molecule has 0 spiro atoms. The van der Waals surface area contributed by atoms with Gasteiger partial charge in [0.2, 0.25) is 22.7 Å². The second kappa shape index (κ2) is 9.90. The van der Waals surface area contributed by atoms with Crippen molar-refractivity contribution in [3.8, 4) is 17.2 Å². The molecule has 0 atom stereocenters. The number of nitrogens with zero attached hydrogens (tertiary/aromatic N) is 1. The molecule has 4 rings (SSSR count). The van der Waals surface area contributed by atoms with Gasteiger partial charge in [-0.1, -0.05) is 6.42 Å². The van der Waals surface area contributed by atoms with Gasteiger partial charge in [0.25, 0.3) is 0 Å². The Hall–Kier alpha value is -3.31. The number of nitrogens with one attached hydrogen (secondary N) is 2. The highest BCUT2D eigenvalue weighted by Gasteiger charge is 2.27. The Kier molecular flexibility index (Phi) is 6.94. The van der Waals surface area contributed by atoms with Gasteiger partial charge >= 0.3 is 0 Å². The van der Waals surface area contributed by atoms with E-state index in [-0.39, 0.29) is 29.7 Å². The van der Waals surface area contributed by atoms with E-state index < -0.39 is 15.9 Å². The summed E-state index contributed by atoms with van der Waals surface area (Å²) in [7, 11) is -2.24. The first kappa shape index (κ1) is 23.8. The normalized spacial score (nSPS) is 15.6. The number of hydrogen-bond donors (Lipinski definition) is 2. The fourth-order valence-electron chi connectivity index (χ4n) is 3.95. The Balaban J connectivity index is 1.50. The van der Waals surface area contributed by atoms with Crippen LogP contribution >= 0.6 is 0 Å². The summed E-state index contributed by atoms with van der Waals surface area (Å²) in [5.41, 5.74) is 1.04. The molecule has 34 heavy (non-hydrogen) atoms. The lowest BCUT2D eigenvalue weighted by Gasteiger charge is -2.26. The van der Waals surface area contributed by atoms with Crippen LogP contribution in [0.2, 0.25) is 0 Å². The van der Waals surface area contributed by atoms with Gasteiger partial charge in [0.1, 0.15) is 5.75 Å². The Morgan fingerprint density at radius 1 is 1.03 bits per heavy atom. The molecule has 2 aromatic rings. The second-order valence-electron chi connectivity index (χ2n) is 8.04. The van der Waals surface area contributed by atoms with Crippen molar-refractivity contribution in [1.29, 1.82) is 0 Å². The van der Waals surface area contributed by atoms with Crippen LogP contribution < -0.4 is 24.8 Å². The van der Waals surface area contributed by atoms with E-state index >= 15 is 0 Å². The fraction of sp³-hybridized carbons (Fsp3) is 0.391. The molecule has 182 valence electrons. The zero-order valence-corrected chi connectivity index (χ0v) is 19.9. The van der Waals surface area contributed by atoms with Crippen LogP contribution in [0.4, 0.5) is 11.4 Å². The van der Waals surface area contributed by atoms with E-state index in [4.69, 9.17) is 14.2 Å². The maximum absolute atomic E-state index is 13.0. The molecule has 1 saturated heterocycles. The van der Waals surface area contributed by atoms with Crippen molar-refractivity contribution < 1.29 is 32.2 Å². The van der Waals surface area contributed by atoms with Gasteiger partial charge in [0, 0.05) is 30.4 Å². The summed E-state index contributed by atoms with van der Waals surface area (Å²) in [5.74, 6) is 0.636. The Morgan fingerprint density at radius 2 is 1.74 bits per heavy atom. The molecular weight excluding hydrogens is 462 g/mol. The second-order valence-corrected chi connectivity index (χ2v) is 9.97. The van der Waals surface area contributed by atoms with Crippen molar-refractivity contribution in [3.05, 3.63) is 35.9 Å². The molecule has 0 bridgehead atoms. The largest absolute Gasteiger partial charge is 0.495 e. The molecule has 10 nitrogen and oxygen atoms in total. The van der Waals surface area contributed by atoms with Crippen LogP contribution in [-0.4, -0.2) is 58.0 Å². The van der Waals surface area contributed by atoms with Crippen molar-refractivity contribution in [2.24, 2.45) is 0 Å². The number of Topliss-reactive ketones (excluding diaryl/α,β-unsaturated/α-hetero) is 1. The first-order valence-corrected chi connectivity index (χ1v) is 12.4. The predicted molar refractivity (Wildman–Crippen MR) is 125 cm³/mol. The first-order valence-electron chi connectivity index (χ1n) is 11.0. The number of carbonyl (C=O) groups is 2. The molecule has 1 amide bonds. The quantitative estimate of drug-likeness (QED) is 0.543. The third-order valence-electron chi connectivity index (χ3n) is 5.73. The highest BCUT2D eigenvalue weighted by atomic mass is 32.2. The Morgan fingerprint density at radius 3 is 2.41 bits per heavy atom. The standard InChI is InChI=1S/C23H27N3O7S/c1-15(27)17-11-21-22(33-14-32-21)12-18(17)24-13-23(28)25-19-10-16(6-7-20(19)31-2)34(29,30)26-8-4-3-5-9-26/h6-7,10-12,24H,3-5,8-9,13-14H2,1-2H3,(H,25,28). The number of benzene rings is 2. The molecule has 2 aromatic carbocycles. The Labute approximate surface area is 198 Å². The number of methoxy groups -OCH3 is 1. The molecule has 0 saturated carbocycles. The van der Waals surface area contributed by atoms with Crippen molar-refractivity contribution in [1.82, 2.24) is 4.31 Å². The van der Waals surface area contributed by atoms with Crippen molar-refractivity contribution in [2.75, 3.05) is 44.2 Å². The lowest BCUT2D eigenvalue weighted by atomic mass is 10.1. The average Bonchev–Trinajstić information content (AvgIpc) is 3.30. The maximum atomic E-state index is 13.0. The highest BCUT2D eigenvalue weighted by molar-refractivity contribution is 7.89. The number of rotatable bonds is 8. The molecule has 2 aliphatic heterocycles. The molecule has 2 heterocycles. The van der Waals surface area contributed by atoms with Gasteiger partial charge in [-0.15, -0.1) is 0 Å². The van der Waals surface area contributed by atoms with Crippen LogP contribution in [0.5, 0.6) is 17.2 Å². The minimum Gasteiger partial charge on any atom is -0.495 e. The molecule has 0 unspecified atom stereocenters.